The summed E-state index contributed by atoms with van der Waals surface area (Å²) >= 11 is 0. The van der Waals surface area contributed by atoms with Crippen molar-refractivity contribution >= 4 is 22.7 Å². The Kier molecular flexibility index (Phi) is 5.50. The summed E-state index contributed by atoms with van der Waals surface area (Å²) < 4.78 is 5.26. The van der Waals surface area contributed by atoms with Crippen LogP contribution in [0.3, 0.4) is 0 Å². The van der Waals surface area contributed by atoms with Crippen LogP contribution in [-0.2, 0) is 4.79 Å². The van der Waals surface area contributed by atoms with Crippen LogP contribution in [-0.4, -0.2) is 40.8 Å². The lowest BCUT2D eigenvalue weighted by molar-refractivity contribution is -0.124. The Hall–Kier alpha value is -3.80. The fourth-order valence-corrected chi connectivity index (χ4v) is 4.62. The number of furan rings is 1. The first-order chi connectivity index (χ1) is 15.7. The zero-order valence-corrected chi connectivity index (χ0v) is 17.7. The molecule has 0 radical (unpaired) electrons. The summed E-state index contributed by atoms with van der Waals surface area (Å²) in [5.74, 6) is -0.0929. The standard InChI is InChI=1S/C26H25N3O3/c30-25(23-12-6-14-29(23)26(31)24-13-7-15-32-24)28-16-20(18-8-2-1-3-9-18)21-17-27-22-11-5-4-10-19(21)22/h1-5,7-11,13,15,17,20,23,27H,6,12,14,16H2,(H,28,30)/t20-,23-/m0/s1. The van der Waals surface area contributed by atoms with Crippen LogP contribution in [0.5, 0.6) is 0 Å². The monoisotopic (exact) mass is 427 g/mol. The van der Waals surface area contributed by atoms with Gasteiger partial charge in [0.25, 0.3) is 5.91 Å². The number of likely N-dealkylation sites (tertiary alicyclic amines) is 1. The fourth-order valence-electron chi connectivity index (χ4n) is 4.62. The highest BCUT2D eigenvalue weighted by atomic mass is 16.3. The molecule has 6 heteroatoms. The first kappa shape index (κ1) is 20.1. The summed E-state index contributed by atoms with van der Waals surface area (Å²) in [5.41, 5.74) is 3.34. The van der Waals surface area contributed by atoms with Crippen molar-refractivity contribution in [2.75, 3.05) is 13.1 Å². The van der Waals surface area contributed by atoms with Gasteiger partial charge in [0.2, 0.25) is 5.91 Å². The van der Waals surface area contributed by atoms with E-state index in [0.29, 0.717) is 19.5 Å². The predicted octanol–water partition coefficient (Wildman–Crippen LogP) is 4.31. The van der Waals surface area contributed by atoms with Crippen molar-refractivity contribution < 1.29 is 14.0 Å². The average molecular weight is 428 g/mol. The van der Waals surface area contributed by atoms with Gasteiger partial charge >= 0.3 is 0 Å². The van der Waals surface area contributed by atoms with Gasteiger partial charge in [0.05, 0.1) is 6.26 Å². The Morgan fingerprint density at radius 2 is 1.88 bits per heavy atom. The third-order valence-corrected chi connectivity index (χ3v) is 6.23. The van der Waals surface area contributed by atoms with E-state index in [1.54, 1.807) is 17.0 Å². The molecule has 1 aliphatic rings. The topological polar surface area (TPSA) is 78.3 Å². The van der Waals surface area contributed by atoms with Crippen molar-refractivity contribution in [2.45, 2.75) is 24.8 Å². The molecular formula is C26H25N3O3. The number of H-pyrrole nitrogens is 1. The van der Waals surface area contributed by atoms with Crippen molar-refractivity contribution in [3.05, 3.63) is 96.1 Å². The minimum absolute atomic E-state index is 0.00747. The Morgan fingerprint density at radius 3 is 2.69 bits per heavy atom. The third kappa shape index (κ3) is 3.80. The van der Waals surface area contributed by atoms with Crippen LogP contribution in [0.15, 0.2) is 83.6 Å². The van der Waals surface area contributed by atoms with E-state index in [9.17, 15) is 9.59 Å². The van der Waals surface area contributed by atoms with Crippen molar-refractivity contribution in [3.8, 4) is 0 Å². The molecule has 6 nitrogen and oxygen atoms in total. The van der Waals surface area contributed by atoms with Gasteiger partial charge in [-0.25, -0.2) is 0 Å². The number of hydrogen-bond acceptors (Lipinski definition) is 3. The minimum Gasteiger partial charge on any atom is -0.459 e. The van der Waals surface area contributed by atoms with E-state index in [-0.39, 0.29) is 23.5 Å². The van der Waals surface area contributed by atoms with Gasteiger partial charge < -0.3 is 19.6 Å². The molecule has 2 atom stereocenters. The van der Waals surface area contributed by atoms with E-state index in [2.05, 4.69) is 34.6 Å². The highest BCUT2D eigenvalue weighted by Gasteiger charge is 2.35. The quantitative estimate of drug-likeness (QED) is 0.481. The zero-order valence-electron chi connectivity index (χ0n) is 17.7. The van der Waals surface area contributed by atoms with Gasteiger partial charge in [0.1, 0.15) is 6.04 Å². The molecule has 0 aliphatic carbocycles. The van der Waals surface area contributed by atoms with E-state index in [4.69, 9.17) is 4.42 Å². The van der Waals surface area contributed by atoms with Gasteiger partial charge in [-0.2, -0.15) is 0 Å². The van der Waals surface area contributed by atoms with Gasteiger partial charge in [0.15, 0.2) is 5.76 Å². The molecular weight excluding hydrogens is 402 g/mol. The van der Waals surface area contributed by atoms with E-state index in [1.807, 2.05) is 36.5 Å². The van der Waals surface area contributed by atoms with Gasteiger partial charge in [0, 0.05) is 36.1 Å². The molecule has 162 valence electrons. The zero-order chi connectivity index (χ0) is 21.9. The second-order valence-electron chi connectivity index (χ2n) is 8.13. The number of fused-ring (bicyclic) bond motifs is 1. The van der Waals surface area contributed by atoms with E-state index >= 15 is 0 Å². The SMILES string of the molecule is O=C(NC[C@@H](c1ccccc1)c1c[nH]c2ccccc12)[C@@H]1CCCN1C(=O)c1ccco1. The lowest BCUT2D eigenvalue weighted by atomic mass is 9.91. The molecule has 4 aromatic rings. The van der Waals surface area contributed by atoms with Crippen molar-refractivity contribution in [3.63, 3.8) is 0 Å². The number of aromatic nitrogens is 1. The Bertz CT molecular complexity index is 1210. The summed E-state index contributed by atoms with van der Waals surface area (Å²) in [6.07, 6.45) is 4.96. The normalized spacial score (nSPS) is 16.9. The highest BCUT2D eigenvalue weighted by Crippen LogP contribution is 2.30. The van der Waals surface area contributed by atoms with Crippen LogP contribution in [0.1, 0.15) is 40.4 Å². The fraction of sp³-hybridized carbons (Fsp3) is 0.231. The van der Waals surface area contributed by atoms with Gasteiger partial charge in [-0.3, -0.25) is 9.59 Å². The first-order valence-electron chi connectivity index (χ1n) is 11.0. The van der Waals surface area contributed by atoms with E-state index in [0.717, 1.165) is 28.5 Å². The molecule has 2 N–H and O–H groups in total. The molecule has 3 heterocycles. The van der Waals surface area contributed by atoms with Crippen LogP contribution >= 0.6 is 0 Å². The number of nitrogens with zero attached hydrogens (tertiary/aromatic N) is 1. The van der Waals surface area contributed by atoms with Crippen LogP contribution in [0.4, 0.5) is 0 Å². The lowest BCUT2D eigenvalue weighted by Gasteiger charge is -2.25. The maximum atomic E-state index is 13.2. The molecule has 5 rings (SSSR count). The average Bonchev–Trinajstić information content (AvgIpc) is 3.60. The molecule has 1 saturated heterocycles. The number of para-hydroxylation sites is 1. The van der Waals surface area contributed by atoms with Crippen LogP contribution in [0.25, 0.3) is 10.9 Å². The molecule has 0 unspecified atom stereocenters. The molecule has 1 aliphatic heterocycles. The summed E-state index contributed by atoms with van der Waals surface area (Å²) in [7, 11) is 0. The predicted molar refractivity (Wildman–Crippen MR) is 122 cm³/mol. The molecule has 2 aromatic heterocycles. The molecule has 2 amide bonds. The van der Waals surface area contributed by atoms with E-state index in [1.165, 1.54) is 6.26 Å². The lowest BCUT2D eigenvalue weighted by Crippen LogP contribution is -2.46. The van der Waals surface area contributed by atoms with Crippen molar-refractivity contribution in [2.24, 2.45) is 0 Å². The van der Waals surface area contributed by atoms with Crippen molar-refractivity contribution in [1.82, 2.24) is 15.2 Å². The molecule has 2 aromatic carbocycles. The number of rotatable bonds is 6. The smallest absolute Gasteiger partial charge is 0.290 e. The molecule has 0 spiro atoms. The molecule has 1 fully saturated rings. The second kappa shape index (κ2) is 8.75. The number of amides is 2. The van der Waals surface area contributed by atoms with Crippen molar-refractivity contribution in [1.29, 1.82) is 0 Å². The Balaban J connectivity index is 1.36. The number of carbonyl (C=O) groups is 2. The summed E-state index contributed by atoms with van der Waals surface area (Å²) in [5, 5.41) is 4.27. The number of benzene rings is 2. The van der Waals surface area contributed by atoms with Gasteiger partial charge in [-0.1, -0.05) is 48.5 Å². The largest absolute Gasteiger partial charge is 0.459 e. The Morgan fingerprint density at radius 1 is 1.06 bits per heavy atom. The summed E-state index contributed by atoms with van der Waals surface area (Å²) in [4.78, 5) is 30.9. The molecule has 0 bridgehead atoms. The van der Waals surface area contributed by atoms with Crippen LogP contribution in [0.2, 0.25) is 0 Å². The molecule has 0 saturated carbocycles. The number of nitrogens with one attached hydrogen (secondary N) is 2. The number of hydrogen-bond donors (Lipinski definition) is 2. The number of aromatic amines is 1. The number of carbonyl (C=O) groups excluding carboxylic acids is 2. The maximum Gasteiger partial charge on any atom is 0.290 e. The van der Waals surface area contributed by atoms with E-state index < -0.39 is 6.04 Å². The molecule has 32 heavy (non-hydrogen) atoms. The summed E-state index contributed by atoms with van der Waals surface area (Å²) in [6.45, 7) is 1.01. The second-order valence-corrected chi connectivity index (χ2v) is 8.13. The van der Waals surface area contributed by atoms with Crippen LogP contribution in [0, 0.1) is 0 Å². The first-order valence-corrected chi connectivity index (χ1v) is 11.0. The maximum absolute atomic E-state index is 13.2. The highest BCUT2D eigenvalue weighted by molar-refractivity contribution is 5.96. The summed E-state index contributed by atoms with van der Waals surface area (Å²) in [6, 6.07) is 21.2. The van der Waals surface area contributed by atoms with Gasteiger partial charge in [-0.05, 0) is 42.2 Å². The minimum atomic E-state index is -0.480. The Labute approximate surface area is 186 Å². The third-order valence-electron chi connectivity index (χ3n) is 6.23. The van der Waals surface area contributed by atoms with Crippen LogP contribution < -0.4 is 5.32 Å². The van der Waals surface area contributed by atoms with Gasteiger partial charge in [-0.15, -0.1) is 0 Å².